The van der Waals surface area contributed by atoms with Crippen molar-refractivity contribution in [3.63, 3.8) is 0 Å². The van der Waals surface area contributed by atoms with E-state index in [2.05, 4.69) is 9.97 Å². The molecule has 0 aliphatic rings. The van der Waals surface area contributed by atoms with Gasteiger partial charge < -0.3 is 4.98 Å². The molecule has 19 heavy (non-hydrogen) atoms. The predicted octanol–water partition coefficient (Wildman–Crippen LogP) is 3.73. The van der Waals surface area contributed by atoms with E-state index in [-0.39, 0.29) is 17.4 Å². The van der Waals surface area contributed by atoms with E-state index in [9.17, 15) is 9.18 Å². The van der Waals surface area contributed by atoms with E-state index in [1.165, 1.54) is 12.1 Å². The molecule has 0 amide bonds. The van der Waals surface area contributed by atoms with Gasteiger partial charge in [-0.3, -0.25) is 0 Å². The Morgan fingerprint density at radius 2 is 1.74 bits per heavy atom. The summed E-state index contributed by atoms with van der Waals surface area (Å²) in [5.74, 6) is -0.0902. The summed E-state index contributed by atoms with van der Waals surface area (Å²) >= 11 is 0. The molecule has 1 aromatic heterocycles. The van der Waals surface area contributed by atoms with E-state index in [4.69, 9.17) is 0 Å². The molecule has 0 bridgehead atoms. The van der Waals surface area contributed by atoms with E-state index in [0.717, 1.165) is 11.3 Å². The maximum atomic E-state index is 12.8. The second-order valence-electron chi connectivity index (χ2n) is 4.19. The van der Waals surface area contributed by atoms with Crippen LogP contribution >= 0.6 is 0 Å². The number of aromatic amines is 1. The second kappa shape index (κ2) is 6.83. The van der Waals surface area contributed by atoms with Gasteiger partial charge in [0.15, 0.2) is 0 Å². The molecule has 0 saturated carbocycles. The highest BCUT2D eigenvalue weighted by Gasteiger charge is 2.06. The third kappa shape index (κ3) is 4.02. The molecule has 0 aliphatic heterocycles. The maximum Gasteiger partial charge on any atom is 0.345 e. The first kappa shape index (κ1) is 15.1. The van der Waals surface area contributed by atoms with Crippen molar-refractivity contribution in [2.24, 2.45) is 0 Å². The highest BCUT2D eigenvalue weighted by molar-refractivity contribution is 5.58. The number of nitrogens with zero attached hydrogens (tertiary/aromatic N) is 1. The van der Waals surface area contributed by atoms with Crippen LogP contribution in [0.5, 0.6) is 0 Å². The van der Waals surface area contributed by atoms with Crippen molar-refractivity contribution in [2.45, 2.75) is 33.6 Å². The third-order valence-electron chi connectivity index (χ3n) is 2.53. The zero-order chi connectivity index (χ0) is 14.4. The quantitative estimate of drug-likeness (QED) is 0.896. The number of aromatic nitrogens is 2. The van der Waals surface area contributed by atoms with Crippen LogP contribution in [0.3, 0.4) is 0 Å². The van der Waals surface area contributed by atoms with Gasteiger partial charge in [0, 0.05) is 11.3 Å². The molecule has 0 aliphatic carbocycles. The van der Waals surface area contributed by atoms with Gasteiger partial charge in [-0.15, -0.1) is 0 Å². The number of nitrogens with one attached hydrogen (secondary N) is 1. The Morgan fingerprint density at radius 1 is 1.16 bits per heavy atom. The van der Waals surface area contributed by atoms with Crippen LogP contribution in [0.1, 0.15) is 39.3 Å². The molecule has 0 spiro atoms. The van der Waals surface area contributed by atoms with Crippen LogP contribution in [-0.4, -0.2) is 9.97 Å². The summed E-state index contributed by atoms with van der Waals surface area (Å²) in [6, 6.07) is 7.75. The zero-order valence-corrected chi connectivity index (χ0v) is 11.7. The summed E-state index contributed by atoms with van der Waals surface area (Å²) in [6.45, 7) is 7.97. The SMILES string of the molecule is CC.CC(C)c1cc(-c2ccc(F)cc2)nc(=O)[nH]1. The van der Waals surface area contributed by atoms with E-state index in [1.807, 2.05) is 33.8 Å². The second-order valence-corrected chi connectivity index (χ2v) is 4.19. The Morgan fingerprint density at radius 3 is 2.26 bits per heavy atom. The summed E-state index contributed by atoms with van der Waals surface area (Å²) in [4.78, 5) is 18.0. The van der Waals surface area contributed by atoms with Crippen LogP contribution in [0.2, 0.25) is 0 Å². The molecule has 0 radical (unpaired) electrons. The number of hydrogen-bond donors (Lipinski definition) is 1. The molecule has 1 N–H and O–H groups in total. The molecule has 2 aromatic rings. The normalized spacial score (nSPS) is 10.0. The van der Waals surface area contributed by atoms with Crippen molar-refractivity contribution in [1.29, 1.82) is 0 Å². The first-order valence-electron chi connectivity index (χ1n) is 6.43. The van der Waals surface area contributed by atoms with E-state index >= 15 is 0 Å². The minimum atomic E-state index is -0.379. The highest BCUT2D eigenvalue weighted by atomic mass is 19.1. The van der Waals surface area contributed by atoms with Crippen molar-refractivity contribution in [2.75, 3.05) is 0 Å². The first-order chi connectivity index (χ1) is 9.06. The molecule has 2 rings (SSSR count). The number of halogens is 1. The van der Waals surface area contributed by atoms with Crippen molar-refractivity contribution >= 4 is 0 Å². The Kier molecular flexibility index (Phi) is 5.42. The van der Waals surface area contributed by atoms with E-state index < -0.39 is 0 Å². The number of benzene rings is 1. The van der Waals surface area contributed by atoms with Crippen LogP contribution in [-0.2, 0) is 0 Å². The monoisotopic (exact) mass is 262 g/mol. The van der Waals surface area contributed by atoms with Crippen LogP contribution in [0.15, 0.2) is 35.1 Å². The largest absolute Gasteiger partial charge is 0.345 e. The van der Waals surface area contributed by atoms with Gasteiger partial charge in [0.1, 0.15) is 5.82 Å². The molecular formula is C15H19FN2O. The van der Waals surface area contributed by atoms with Crippen LogP contribution in [0.25, 0.3) is 11.3 Å². The Balaban J connectivity index is 0.000000861. The van der Waals surface area contributed by atoms with Crippen LogP contribution in [0.4, 0.5) is 4.39 Å². The maximum absolute atomic E-state index is 12.8. The lowest BCUT2D eigenvalue weighted by Crippen LogP contribution is -2.14. The lowest BCUT2D eigenvalue weighted by Gasteiger charge is -2.07. The number of hydrogen-bond acceptors (Lipinski definition) is 2. The molecular weight excluding hydrogens is 243 g/mol. The highest BCUT2D eigenvalue weighted by Crippen LogP contribution is 2.19. The minimum Gasteiger partial charge on any atom is -0.310 e. The fourth-order valence-electron chi connectivity index (χ4n) is 1.56. The predicted molar refractivity (Wildman–Crippen MR) is 75.7 cm³/mol. The Bertz CT molecular complexity index is 573. The number of H-pyrrole nitrogens is 1. The van der Waals surface area contributed by atoms with Crippen LogP contribution < -0.4 is 5.69 Å². The summed E-state index contributed by atoms with van der Waals surface area (Å²) in [5.41, 5.74) is 1.75. The summed E-state index contributed by atoms with van der Waals surface area (Å²) in [7, 11) is 0. The average molecular weight is 262 g/mol. The standard InChI is InChI=1S/C13H13FN2O.C2H6/c1-8(2)11-7-12(16-13(17)15-11)9-3-5-10(14)6-4-9;1-2/h3-8H,1-2H3,(H,15,16,17);1-2H3. The first-order valence-corrected chi connectivity index (χ1v) is 6.43. The molecule has 0 saturated heterocycles. The van der Waals surface area contributed by atoms with Crippen molar-refractivity contribution < 1.29 is 4.39 Å². The van der Waals surface area contributed by atoms with Gasteiger partial charge >= 0.3 is 5.69 Å². The lowest BCUT2D eigenvalue weighted by atomic mass is 10.1. The van der Waals surface area contributed by atoms with Crippen molar-refractivity contribution in [1.82, 2.24) is 9.97 Å². The molecule has 1 aromatic carbocycles. The molecule has 0 atom stereocenters. The Labute approximate surface area is 112 Å². The molecule has 0 unspecified atom stereocenters. The van der Waals surface area contributed by atoms with Gasteiger partial charge in [0.2, 0.25) is 0 Å². The third-order valence-corrected chi connectivity index (χ3v) is 2.53. The van der Waals surface area contributed by atoms with Crippen molar-refractivity contribution in [3.8, 4) is 11.3 Å². The van der Waals surface area contributed by atoms with Gasteiger partial charge in [-0.25, -0.2) is 9.18 Å². The molecule has 0 fully saturated rings. The summed E-state index contributed by atoms with van der Waals surface area (Å²) in [5, 5.41) is 0. The van der Waals surface area contributed by atoms with Gasteiger partial charge in [0.25, 0.3) is 0 Å². The molecule has 3 nitrogen and oxygen atoms in total. The average Bonchev–Trinajstić information content (AvgIpc) is 2.41. The molecule has 4 heteroatoms. The number of rotatable bonds is 2. The van der Waals surface area contributed by atoms with Crippen molar-refractivity contribution in [3.05, 3.63) is 52.3 Å². The zero-order valence-electron chi connectivity index (χ0n) is 11.7. The Hall–Kier alpha value is -1.97. The van der Waals surface area contributed by atoms with E-state index in [0.29, 0.717) is 5.69 Å². The van der Waals surface area contributed by atoms with Gasteiger partial charge in [-0.05, 0) is 36.2 Å². The molecule has 1 heterocycles. The van der Waals surface area contributed by atoms with Crippen LogP contribution in [0, 0.1) is 5.82 Å². The molecule has 102 valence electrons. The smallest absolute Gasteiger partial charge is 0.310 e. The summed E-state index contributed by atoms with van der Waals surface area (Å²) in [6.07, 6.45) is 0. The van der Waals surface area contributed by atoms with Gasteiger partial charge in [-0.1, -0.05) is 27.7 Å². The fraction of sp³-hybridized carbons (Fsp3) is 0.333. The van der Waals surface area contributed by atoms with Gasteiger partial charge in [-0.2, -0.15) is 4.98 Å². The van der Waals surface area contributed by atoms with Gasteiger partial charge in [0.05, 0.1) is 5.69 Å². The topological polar surface area (TPSA) is 45.8 Å². The lowest BCUT2D eigenvalue weighted by molar-refractivity contribution is 0.628. The minimum absolute atomic E-state index is 0.213. The summed E-state index contributed by atoms with van der Waals surface area (Å²) < 4.78 is 12.8. The fourth-order valence-corrected chi connectivity index (χ4v) is 1.56. The van der Waals surface area contributed by atoms with E-state index in [1.54, 1.807) is 12.1 Å².